The fourth-order valence-corrected chi connectivity index (χ4v) is 2.32. The number of nitrogens with one attached hydrogen (secondary N) is 1. The van der Waals surface area contributed by atoms with Crippen LogP contribution in [0, 0.1) is 5.82 Å². The van der Waals surface area contributed by atoms with Gasteiger partial charge in [-0.1, -0.05) is 11.6 Å². The summed E-state index contributed by atoms with van der Waals surface area (Å²) in [5.74, 6) is -1.85. The summed E-state index contributed by atoms with van der Waals surface area (Å²) in [6, 6.07) is 2.93. The molecule has 0 spiro atoms. The van der Waals surface area contributed by atoms with Crippen LogP contribution in [0.15, 0.2) is 23.1 Å². The van der Waals surface area contributed by atoms with Crippen molar-refractivity contribution < 1.29 is 22.7 Å². The molecule has 0 bridgehead atoms. The molecule has 5 nitrogen and oxygen atoms in total. The highest BCUT2D eigenvalue weighted by Crippen LogP contribution is 2.19. The van der Waals surface area contributed by atoms with Crippen molar-refractivity contribution in [2.45, 2.75) is 11.3 Å². The van der Waals surface area contributed by atoms with E-state index in [2.05, 4.69) is 4.72 Å². The molecule has 1 aromatic carbocycles. The smallest absolute Gasteiger partial charge is 0.304 e. The van der Waals surface area contributed by atoms with Crippen LogP contribution in [0.1, 0.15) is 6.42 Å². The summed E-state index contributed by atoms with van der Waals surface area (Å²) in [5, 5.41) is 8.04. The second-order valence-electron chi connectivity index (χ2n) is 3.12. The van der Waals surface area contributed by atoms with Crippen molar-refractivity contribution in [3.8, 4) is 0 Å². The van der Waals surface area contributed by atoms with Crippen molar-refractivity contribution in [3.63, 3.8) is 0 Å². The molecule has 0 radical (unpaired) electrons. The van der Waals surface area contributed by atoms with E-state index < -0.39 is 21.8 Å². The number of carboxylic acid groups (broad SMARTS) is 1. The second kappa shape index (κ2) is 5.44. The highest BCUT2D eigenvalue weighted by Gasteiger charge is 2.15. The molecular formula is C9H9ClFNO4S. The van der Waals surface area contributed by atoms with Crippen LogP contribution in [0.25, 0.3) is 0 Å². The second-order valence-corrected chi connectivity index (χ2v) is 5.29. The van der Waals surface area contributed by atoms with E-state index in [-0.39, 0.29) is 22.9 Å². The number of benzene rings is 1. The SMILES string of the molecule is O=C(O)CCNS(=O)(=O)c1ccc(F)c(Cl)c1. The Kier molecular flexibility index (Phi) is 4.44. The van der Waals surface area contributed by atoms with Crippen molar-refractivity contribution in [2.75, 3.05) is 6.54 Å². The van der Waals surface area contributed by atoms with Gasteiger partial charge in [-0.05, 0) is 18.2 Å². The number of rotatable bonds is 5. The van der Waals surface area contributed by atoms with Gasteiger partial charge in [0.25, 0.3) is 0 Å². The van der Waals surface area contributed by atoms with Gasteiger partial charge in [0.15, 0.2) is 0 Å². The lowest BCUT2D eigenvalue weighted by molar-refractivity contribution is -0.136. The minimum Gasteiger partial charge on any atom is -0.481 e. The summed E-state index contributed by atoms with van der Waals surface area (Å²) in [7, 11) is -3.86. The highest BCUT2D eigenvalue weighted by atomic mass is 35.5. The number of hydrogen-bond acceptors (Lipinski definition) is 3. The first-order valence-electron chi connectivity index (χ1n) is 4.49. The standard InChI is InChI=1S/C9H9ClFNO4S/c10-7-5-6(1-2-8(7)11)17(15,16)12-4-3-9(13)14/h1-2,5,12H,3-4H2,(H,13,14). The molecular weight excluding hydrogens is 273 g/mol. The first-order chi connectivity index (χ1) is 7.83. The first kappa shape index (κ1) is 13.9. The Morgan fingerprint density at radius 1 is 1.47 bits per heavy atom. The maximum absolute atomic E-state index is 12.8. The molecule has 0 heterocycles. The molecule has 0 fully saturated rings. The molecule has 0 saturated heterocycles. The Labute approximate surface area is 102 Å². The molecule has 0 aliphatic rings. The molecule has 1 rings (SSSR count). The van der Waals surface area contributed by atoms with Crippen molar-refractivity contribution in [1.82, 2.24) is 4.72 Å². The number of sulfonamides is 1. The number of carbonyl (C=O) groups is 1. The van der Waals surface area contributed by atoms with Gasteiger partial charge in [-0.25, -0.2) is 17.5 Å². The zero-order valence-corrected chi connectivity index (χ0v) is 10.1. The Hall–Kier alpha value is -1.18. The Morgan fingerprint density at radius 2 is 2.12 bits per heavy atom. The van der Waals surface area contributed by atoms with E-state index in [1.807, 2.05) is 0 Å². The van der Waals surface area contributed by atoms with Crippen LogP contribution in [0.4, 0.5) is 4.39 Å². The van der Waals surface area contributed by atoms with Crippen LogP contribution in [-0.4, -0.2) is 26.0 Å². The fraction of sp³-hybridized carbons (Fsp3) is 0.222. The molecule has 2 N–H and O–H groups in total. The zero-order chi connectivity index (χ0) is 13.1. The van der Waals surface area contributed by atoms with Gasteiger partial charge >= 0.3 is 5.97 Å². The predicted molar refractivity (Wildman–Crippen MR) is 58.9 cm³/mol. The predicted octanol–water partition coefficient (Wildman–Crippen LogP) is 1.23. The van der Waals surface area contributed by atoms with Crippen LogP contribution in [-0.2, 0) is 14.8 Å². The average molecular weight is 282 g/mol. The summed E-state index contributed by atoms with van der Waals surface area (Å²) in [4.78, 5) is 10.0. The molecule has 0 atom stereocenters. The van der Waals surface area contributed by atoms with Gasteiger partial charge in [0.05, 0.1) is 16.3 Å². The van der Waals surface area contributed by atoms with Crippen molar-refractivity contribution in [3.05, 3.63) is 29.0 Å². The maximum atomic E-state index is 12.8. The van der Waals surface area contributed by atoms with Crippen LogP contribution in [0.2, 0.25) is 5.02 Å². The first-order valence-corrected chi connectivity index (χ1v) is 6.35. The number of carboxylic acids is 1. The molecule has 0 aromatic heterocycles. The summed E-state index contributed by atoms with van der Waals surface area (Å²) < 4.78 is 38.1. The van der Waals surface area contributed by atoms with Crippen molar-refractivity contribution >= 4 is 27.6 Å². The van der Waals surface area contributed by atoms with Crippen LogP contribution < -0.4 is 4.72 Å². The van der Waals surface area contributed by atoms with E-state index in [0.29, 0.717) is 0 Å². The summed E-state index contributed by atoms with van der Waals surface area (Å²) in [6.45, 7) is -0.243. The summed E-state index contributed by atoms with van der Waals surface area (Å²) in [6.07, 6.45) is -0.339. The lowest BCUT2D eigenvalue weighted by Gasteiger charge is -2.06. The largest absolute Gasteiger partial charge is 0.481 e. The summed E-state index contributed by atoms with van der Waals surface area (Å²) >= 11 is 5.44. The minimum atomic E-state index is -3.86. The maximum Gasteiger partial charge on any atom is 0.304 e. The molecule has 94 valence electrons. The number of aliphatic carboxylic acids is 1. The van der Waals surface area contributed by atoms with Gasteiger partial charge in [0.2, 0.25) is 10.0 Å². The normalized spacial score (nSPS) is 11.4. The monoisotopic (exact) mass is 281 g/mol. The van der Waals surface area contributed by atoms with Crippen molar-refractivity contribution in [1.29, 1.82) is 0 Å². The zero-order valence-electron chi connectivity index (χ0n) is 8.48. The third-order valence-electron chi connectivity index (χ3n) is 1.83. The number of hydrogen-bond donors (Lipinski definition) is 2. The molecule has 0 unspecified atom stereocenters. The lowest BCUT2D eigenvalue weighted by atomic mass is 10.3. The van der Waals surface area contributed by atoms with E-state index in [1.165, 1.54) is 0 Å². The van der Waals surface area contributed by atoms with Crippen molar-refractivity contribution in [2.24, 2.45) is 0 Å². The molecule has 17 heavy (non-hydrogen) atoms. The quantitative estimate of drug-likeness (QED) is 0.850. The van der Waals surface area contributed by atoms with Gasteiger partial charge in [-0.3, -0.25) is 4.79 Å². The van der Waals surface area contributed by atoms with Gasteiger partial charge in [-0.2, -0.15) is 0 Å². The molecule has 8 heteroatoms. The lowest BCUT2D eigenvalue weighted by Crippen LogP contribution is -2.26. The Balaban J connectivity index is 2.82. The van der Waals surface area contributed by atoms with E-state index in [1.54, 1.807) is 0 Å². The summed E-state index contributed by atoms with van der Waals surface area (Å²) in [5.41, 5.74) is 0. The van der Waals surface area contributed by atoms with Gasteiger partial charge in [0, 0.05) is 6.54 Å². The molecule has 0 aliphatic carbocycles. The van der Waals surface area contributed by atoms with Crippen LogP contribution >= 0.6 is 11.6 Å². The van der Waals surface area contributed by atoms with E-state index >= 15 is 0 Å². The van der Waals surface area contributed by atoms with Crippen LogP contribution in [0.3, 0.4) is 0 Å². The average Bonchev–Trinajstić information content (AvgIpc) is 2.21. The Bertz CT molecular complexity index is 532. The van der Waals surface area contributed by atoms with Gasteiger partial charge < -0.3 is 5.11 Å². The van der Waals surface area contributed by atoms with E-state index in [9.17, 15) is 17.6 Å². The van der Waals surface area contributed by atoms with Gasteiger partial charge in [-0.15, -0.1) is 0 Å². The van der Waals surface area contributed by atoms with Gasteiger partial charge in [0.1, 0.15) is 5.82 Å². The highest BCUT2D eigenvalue weighted by molar-refractivity contribution is 7.89. The third kappa shape index (κ3) is 3.95. The molecule has 1 aromatic rings. The molecule has 0 saturated carbocycles. The third-order valence-corrected chi connectivity index (χ3v) is 3.58. The topological polar surface area (TPSA) is 83.5 Å². The molecule has 0 amide bonds. The molecule has 0 aliphatic heterocycles. The Morgan fingerprint density at radius 3 is 2.65 bits per heavy atom. The minimum absolute atomic E-state index is 0.214. The number of halogens is 2. The van der Waals surface area contributed by atoms with E-state index in [0.717, 1.165) is 18.2 Å². The van der Waals surface area contributed by atoms with E-state index in [4.69, 9.17) is 16.7 Å². The van der Waals surface area contributed by atoms with Crippen LogP contribution in [0.5, 0.6) is 0 Å². The fourth-order valence-electron chi connectivity index (χ4n) is 1.02.